The van der Waals surface area contributed by atoms with Crippen molar-refractivity contribution in [3.8, 4) is 0 Å². The minimum atomic E-state index is 0.132. The predicted octanol–water partition coefficient (Wildman–Crippen LogP) is 1.17. The summed E-state index contributed by atoms with van der Waals surface area (Å²) in [7, 11) is 0. The van der Waals surface area contributed by atoms with Crippen LogP contribution in [0, 0.1) is 0 Å². The zero-order valence-corrected chi connectivity index (χ0v) is 11.1. The van der Waals surface area contributed by atoms with Crippen molar-refractivity contribution in [2.24, 2.45) is 5.73 Å². The van der Waals surface area contributed by atoms with Crippen molar-refractivity contribution in [3.05, 3.63) is 33.8 Å². The van der Waals surface area contributed by atoms with Crippen LogP contribution in [-0.2, 0) is 30.7 Å². The molecule has 0 spiro atoms. The zero-order chi connectivity index (χ0) is 13.0. The molecule has 0 unspecified atom stereocenters. The van der Waals surface area contributed by atoms with Crippen molar-refractivity contribution in [1.29, 1.82) is 0 Å². The second-order valence-electron chi connectivity index (χ2n) is 4.05. The molecule has 0 amide bonds. The molecule has 0 aliphatic rings. The molecular formula is C12H16N4OS. The molecule has 0 aliphatic carbocycles. The highest BCUT2D eigenvalue weighted by Gasteiger charge is 2.08. The first kappa shape index (κ1) is 12.9. The van der Waals surface area contributed by atoms with Gasteiger partial charge < -0.3 is 5.73 Å². The van der Waals surface area contributed by atoms with Gasteiger partial charge in [0.1, 0.15) is 6.54 Å². The second kappa shape index (κ2) is 5.88. The number of aryl methyl sites for hydroxylation is 1. The maximum Gasteiger partial charge on any atom is 0.159 e. The molecule has 2 N–H and O–H groups in total. The topological polar surface area (TPSA) is 73.8 Å². The van der Waals surface area contributed by atoms with Gasteiger partial charge in [0.2, 0.25) is 0 Å². The third-order valence-electron chi connectivity index (χ3n) is 2.57. The molecule has 2 aromatic heterocycles. The van der Waals surface area contributed by atoms with Crippen LogP contribution in [0.4, 0.5) is 0 Å². The van der Waals surface area contributed by atoms with Crippen LogP contribution in [0.5, 0.6) is 0 Å². The maximum absolute atomic E-state index is 11.9. The summed E-state index contributed by atoms with van der Waals surface area (Å²) >= 11 is 1.70. The predicted molar refractivity (Wildman–Crippen MR) is 70.3 cm³/mol. The largest absolute Gasteiger partial charge is 0.325 e. The van der Waals surface area contributed by atoms with Gasteiger partial charge in [0.05, 0.1) is 11.9 Å². The van der Waals surface area contributed by atoms with E-state index in [9.17, 15) is 4.79 Å². The first-order valence-electron chi connectivity index (χ1n) is 5.89. The third-order valence-corrected chi connectivity index (χ3v) is 3.80. The van der Waals surface area contributed by atoms with Crippen LogP contribution >= 0.6 is 11.3 Å². The van der Waals surface area contributed by atoms with E-state index < -0.39 is 0 Å². The number of Topliss-reactive ketones (excluding diaryl/α,β-unsaturated/α-hetero) is 1. The second-order valence-corrected chi connectivity index (χ2v) is 5.30. The molecule has 6 heteroatoms. The summed E-state index contributed by atoms with van der Waals surface area (Å²) in [6.45, 7) is 2.71. The monoisotopic (exact) mass is 264 g/mol. The van der Waals surface area contributed by atoms with Crippen LogP contribution in [0.25, 0.3) is 0 Å². The number of hydrogen-bond acceptors (Lipinski definition) is 5. The Hall–Kier alpha value is -1.53. The Morgan fingerprint density at radius 2 is 2.22 bits per heavy atom. The number of ketones is 1. The lowest BCUT2D eigenvalue weighted by molar-refractivity contribution is -0.119. The smallest absolute Gasteiger partial charge is 0.159 e. The number of rotatable bonds is 6. The molecule has 0 bridgehead atoms. The van der Waals surface area contributed by atoms with E-state index in [1.54, 1.807) is 22.2 Å². The van der Waals surface area contributed by atoms with Gasteiger partial charge in [-0.15, -0.1) is 16.4 Å². The molecule has 0 aromatic carbocycles. The van der Waals surface area contributed by atoms with Crippen molar-refractivity contribution in [3.63, 3.8) is 0 Å². The van der Waals surface area contributed by atoms with E-state index >= 15 is 0 Å². The van der Waals surface area contributed by atoms with Gasteiger partial charge in [-0.1, -0.05) is 12.1 Å². The number of nitrogens with zero attached hydrogens (tertiary/aromatic N) is 3. The van der Waals surface area contributed by atoms with Gasteiger partial charge in [0.25, 0.3) is 0 Å². The summed E-state index contributed by atoms with van der Waals surface area (Å²) in [5.74, 6) is 0.132. The summed E-state index contributed by atoms with van der Waals surface area (Å²) in [4.78, 5) is 14.3. The van der Waals surface area contributed by atoms with Crippen molar-refractivity contribution in [2.45, 2.75) is 32.9 Å². The number of carbonyl (C=O) groups excluding carboxylic acids is 1. The number of aromatic nitrogens is 3. The first-order chi connectivity index (χ1) is 8.71. The Bertz CT molecular complexity index is 485. The van der Waals surface area contributed by atoms with Crippen molar-refractivity contribution in [2.75, 3.05) is 0 Å². The summed E-state index contributed by atoms with van der Waals surface area (Å²) in [6, 6.07) is 4.10. The van der Waals surface area contributed by atoms with Gasteiger partial charge in [-0.25, -0.2) is 4.68 Å². The van der Waals surface area contributed by atoms with E-state index in [2.05, 4.69) is 23.3 Å². The SMILES string of the molecule is CCc1ccc(CC(=O)Cn2cc(CN)nn2)s1. The van der Waals surface area contributed by atoms with E-state index in [0.717, 1.165) is 11.3 Å². The van der Waals surface area contributed by atoms with Crippen molar-refractivity contribution < 1.29 is 4.79 Å². The molecule has 0 radical (unpaired) electrons. The van der Waals surface area contributed by atoms with Crippen LogP contribution in [0.15, 0.2) is 18.3 Å². The Morgan fingerprint density at radius 3 is 2.83 bits per heavy atom. The number of nitrogens with two attached hydrogens (primary N) is 1. The van der Waals surface area contributed by atoms with Gasteiger partial charge in [-0.3, -0.25) is 4.79 Å². The Balaban J connectivity index is 1.92. The molecule has 0 fully saturated rings. The van der Waals surface area contributed by atoms with E-state index in [-0.39, 0.29) is 12.3 Å². The quantitative estimate of drug-likeness (QED) is 0.850. The average Bonchev–Trinajstić information content (AvgIpc) is 2.98. The lowest BCUT2D eigenvalue weighted by atomic mass is 10.2. The normalized spacial score (nSPS) is 10.8. The van der Waals surface area contributed by atoms with E-state index in [0.29, 0.717) is 18.7 Å². The molecule has 18 heavy (non-hydrogen) atoms. The van der Waals surface area contributed by atoms with Crippen LogP contribution in [0.2, 0.25) is 0 Å². The molecule has 0 saturated carbocycles. The Morgan fingerprint density at radius 1 is 1.44 bits per heavy atom. The number of hydrogen-bond donors (Lipinski definition) is 1. The zero-order valence-electron chi connectivity index (χ0n) is 10.3. The fourth-order valence-corrected chi connectivity index (χ4v) is 2.63. The highest BCUT2D eigenvalue weighted by Crippen LogP contribution is 2.17. The summed E-state index contributed by atoms with van der Waals surface area (Å²) < 4.78 is 1.54. The standard InChI is InChI=1S/C12H16N4OS/c1-2-11-3-4-12(18-11)5-10(17)8-16-7-9(6-13)14-15-16/h3-4,7H,2,5-6,8,13H2,1H3. The van der Waals surface area contributed by atoms with E-state index in [1.807, 2.05) is 6.07 Å². The fourth-order valence-electron chi connectivity index (χ4n) is 1.65. The molecule has 5 nitrogen and oxygen atoms in total. The highest BCUT2D eigenvalue weighted by atomic mass is 32.1. The lowest BCUT2D eigenvalue weighted by Gasteiger charge is -1.98. The highest BCUT2D eigenvalue weighted by molar-refractivity contribution is 7.12. The Kier molecular flexibility index (Phi) is 4.22. The van der Waals surface area contributed by atoms with Crippen LogP contribution in [0.3, 0.4) is 0 Å². The number of carbonyl (C=O) groups is 1. The van der Waals surface area contributed by atoms with Gasteiger partial charge in [-0.2, -0.15) is 0 Å². The molecule has 2 heterocycles. The maximum atomic E-state index is 11.9. The van der Waals surface area contributed by atoms with Gasteiger partial charge in [0.15, 0.2) is 5.78 Å². The lowest BCUT2D eigenvalue weighted by Crippen LogP contribution is -2.12. The minimum absolute atomic E-state index is 0.132. The molecular weight excluding hydrogens is 248 g/mol. The summed E-state index contributed by atoms with van der Waals surface area (Å²) in [5.41, 5.74) is 6.14. The fraction of sp³-hybridized carbons (Fsp3) is 0.417. The summed E-state index contributed by atoms with van der Waals surface area (Å²) in [5, 5.41) is 7.71. The molecule has 0 atom stereocenters. The van der Waals surface area contributed by atoms with Gasteiger partial charge in [-0.05, 0) is 18.6 Å². The molecule has 2 aromatic rings. The minimum Gasteiger partial charge on any atom is -0.325 e. The first-order valence-corrected chi connectivity index (χ1v) is 6.71. The van der Waals surface area contributed by atoms with E-state index in [1.165, 1.54) is 4.88 Å². The average molecular weight is 264 g/mol. The van der Waals surface area contributed by atoms with Crippen molar-refractivity contribution in [1.82, 2.24) is 15.0 Å². The van der Waals surface area contributed by atoms with Crippen LogP contribution in [0.1, 0.15) is 22.4 Å². The van der Waals surface area contributed by atoms with Crippen LogP contribution in [-0.4, -0.2) is 20.8 Å². The Labute approximate surface area is 110 Å². The van der Waals surface area contributed by atoms with Crippen molar-refractivity contribution >= 4 is 17.1 Å². The van der Waals surface area contributed by atoms with E-state index in [4.69, 9.17) is 5.73 Å². The van der Waals surface area contributed by atoms with Crippen LogP contribution < -0.4 is 5.73 Å². The molecule has 0 saturated heterocycles. The van der Waals surface area contributed by atoms with Gasteiger partial charge >= 0.3 is 0 Å². The molecule has 2 rings (SSSR count). The van der Waals surface area contributed by atoms with Gasteiger partial charge in [0, 0.05) is 22.7 Å². The number of thiophene rings is 1. The molecule has 96 valence electrons. The third kappa shape index (κ3) is 3.24. The molecule has 0 aliphatic heterocycles. The summed E-state index contributed by atoms with van der Waals surface area (Å²) in [6.07, 6.45) is 3.19.